The van der Waals surface area contributed by atoms with E-state index in [0.717, 1.165) is 23.0 Å². The van der Waals surface area contributed by atoms with Crippen molar-refractivity contribution < 1.29 is 0 Å². The van der Waals surface area contributed by atoms with Crippen LogP contribution >= 0.6 is 11.8 Å². The van der Waals surface area contributed by atoms with Gasteiger partial charge in [-0.2, -0.15) is 11.8 Å². The highest BCUT2D eigenvalue weighted by Crippen LogP contribution is 2.23. The van der Waals surface area contributed by atoms with Crippen molar-refractivity contribution in [2.45, 2.75) is 32.7 Å². The van der Waals surface area contributed by atoms with Crippen LogP contribution in [0.25, 0.3) is 0 Å². The Morgan fingerprint density at radius 1 is 1.38 bits per heavy atom. The zero-order valence-corrected chi connectivity index (χ0v) is 10.6. The molecule has 4 nitrogen and oxygen atoms in total. The molecular weight excluding hydrogens is 220 g/mol. The first-order chi connectivity index (χ1) is 7.66. The normalized spacial score (nSPS) is 20.8. The van der Waals surface area contributed by atoms with Gasteiger partial charge in [-0.05, 0) is 32.4 Å². The number of rotatable bonds is 2. The first kappa shape index (κ1) is 11.5. The highest BCUT2D eigenvalue weighted by atomic mass is 32.2. The minimum atomic E-state index is 0.520. The molecular formula is C11H18N4S. The van der Waals surface area contributed by atoms with Gasteiger partial charge in [-0.15, -0.1) is 0 Å². The Bertz CT molecular complexity index is 374. The average Bonchev–Trinajstić information content (AvgIpc) is 2.27. The largest absolute Gasteiger partial charge is 0.383 e. The average molecular weight is 238 g/mol. The standard InChI is InChI=1S/C11H18N4S/c1-7-10(12)13-8(2)14-11(7)15-9-4-3-5-16-6-9/h9H,3-6H2,1-2H3,(H3,12,13,14,15). The fourth-order valence-corrected chi connectivity index (χ4v) is 2.91. The number of aryl methyl sites for hydroxylation is 1. The third-order valence-corrected chi connectivity index (χ3v) is 4.01. The Morgan fingerprint density at radius 2 is 2.19 bits per heavy atom. The van der Waals surface area contributed by atoms with Gasteiger partial charge in [0.2, 0.25) is 0 Å². The van der Waals surface area contributed by atoms with E-state index in [1.165, 1.54) is 18.6 Å². The van der Waals surface area contributed by atoms with E-state index in [2.05, 4.69) is 15.3 Å². The summed E-state index contributed by atoms with van der Waals surface area (Å²) in [5.41, 5.74) is 6.79. The third kappa shape index (κ3) is 2.58. The number of nitrogens with zero attached hydrogens (tertiary/aromatic N) is 2. The van der Waals surface area contributed by atoms with E-state index in [0.29, 0.717) is 11.9 Å². The van der Waals surface area contributed by atoms with Gasteiger partial charge in [0.25, 0.3) is 0 Å². The molecule has 2 rings (SSSR count). The van der Waals surface area contributed by atoms with Gasteiger partial charge in [-0.3, -0.25) is 0 Å². The molecule has 88 valence electrons. The predicted molar refractivity (Wildman–Crippen MR) is 69.9 cm³/mol. The van der Waals surface area contributed by atoms with E-state index in [1.54, 1.807) is 0 Å². The van der Waals surface area contributed by atoms with Crippen LogP contribution < -0.4 is 11.1 Å². The topological polar surface area (TPSA) is 63.8 Å². The molecule has 0 bridgehead atoms. The van der Waals surface area contributed by atoms with Gasteiger partial charge in [0, 0.05) is 17.4 Å². The van der Waals surface area contributed by atoms with Crippen molar-refractivity contribution in [2.75, 3.05) is 22.6 Å². The number of aromatic nitrogens is 2. The minimum Gasteiger partial charge on any atom is -0.383 e. The highest BCUT2D eigenvalue weighted by molar-refractivity contribution is 7.99. The van der Waals surface area contributed by atoms with Crippen LogP contribution in [0.15, 0.2) is 0 Å². The van der Waals surface area contributed by atoms with Crippen LogP contribution in [0.4, 0.5) is 11.6 Å². The summed E-state index contributed by atoms with van der Waals surface area (Å²) in [5, 5.41) is 3.48. The van der Waals surface area contributed by atoms with Crippen molar-refractivity contribution in [1.82, 2.24) is 9.97 Å². The van der Waals surface area contributed by atoms with Gasteiger partial charge >= 0.3 is 0 Å². The number of nitrogen functional groups attached to an aromatic ring is 1. The molecule has 3 N–H and O–H groups in total. The van der Waals surface area contributed by atoms with Crippen molar-refractivity contribution in [2.24, 2.45) is 0 Å². The van der Waals surface area contributed by atoms with E-state index in [-0.39, 0.29) is 0 Å². The molecule has 5 heteroatoms. The highest BCUT2D eigenvalue weighted by Gasteiger charge is 2.16. The molecule has 0 amide bonds. The first-order valence-corrected chi connectivity index (χ1v) is 6.77. The van der Waals surface area contributed by atoms with Crippen molar-refractivity contribution >= 4 is 23.4 Å². The van der Waals surface area contributed by atoms with Crippen LogP contribution in [0, 0.1) is 13.8 Å². The molecule has 2 heterocycles. The summed E-state index contributed by atoms with van der Waals surface area (Å²) in [6, 6.07) is 0.520. The van der Waals surface area contributed by atoms with Gasteiger partial charge in [0.1, 0.15) is 17.5 Å². The van der Waals surface area contributed by atoms with E-state index in [9.17, 15) is 0 Å². The predicted octanol–water partition coefficient (Wildman–Crippen LogP) is 1.98. The van der Waals surface area contributed by atoms with E-state index < -0.39 is 0 Å². The summed E-state index contributed by atoms with van der Waals surface area (Å²) in [6.45, 7) is 3.84. The fourth-order valence-electron chi connectivity index (χ4n) is 1.84. The molecule has 1 fully saturated rings. The van der Waals surface area contributed by atoms with Crippen LogP contribution in [-0.2, 0) is 0 Å². The minimum absolute atomic E-state index is 0.520. The Balaban J connectivity index is 2.13. The van der Waals surface area contributed by atoms with Crippen molar-refractivity contribution in [3.05, 3.63) is 11.4 Å². The molecule has 0 aliphatic carbocycles. The number of thioether (sulfide) groups is 1. The second-order valence-corrected chi connectivity index (χ2v) is 5.34. The molecule has 1 aromatic heterocycles. The van der Waals surface area contributed by atoms with Gasteiger partial charge in [-0.25, -0.2) is 9.97 Å². The maximum Gasteiger partial charge on any atom is 0.134 e. The smallest absolute Gasteiger partial charge is 0.134 e. The summed E-state index contributed by atoms with van der Waals surface area (Å²) >= 11 is 2.00. The number of nitrogens with two attached hydrogens (primary N) is 1. The molecule has 1 atom stereocenters. The Morgan fingerprint density at radius 3 is 2.88 bits per heavy atom. The summed E-state index contributed by atoms with van der Waals surface area (Å²) in [6.07, 6.45) is 2.50. The molecule has 1 saturated heterocycles. The van der Waals surface area contributed by atoms with Gasteiger partial charge in [0.15, 0.2) is 0 Å². The molecule has 0 radical (unpaired) electrons. The molecule has 1 aliphatic rings. The molecule has 16 heavy (non-hydrogen) atoms. The van der Waals surface area contributed by atoms with Crippen molar-refractivity contribution in [1.29, 1.82) is 0 Å². The van der Waals surface area contributed by atoms with Gasteiger partial charge < -0.3 is 11.1 Å². The fraction of sp³-hybridized carbons (Fsp3) is 0.636. The number of hydrogen-bond acceptors (Lipinski definition) is 5. The number of anilines is 2. The van der Waals surface area contributed by atoms with Crippen LogP contribution in [0.3, 0.4) is 0 Å². The van der Waals surface area contributed by atoms with Crippen LogP contribution in [0.1, 0.15) is 24.2 Å². The van der Waals surface area contributed by atoms with Crippen LogP contribution in [0.2, 0.25) is 0 Å². The number of hydrogen-bond donors (Lipinski definition) is 2. The van der Waals surface area contributed by atoms with Crippen molar-refractivity contribution in [3.8, 4) is 0 Å². The summed E-state index contributed by atoms with van der Waals surface area (Å²) in [5.74, 6) is 4.65. The van der Waals surface area contributed by atoms with E-state index in [1.807, 2.05) is 25.6 Å². The second kappa shape index (κ2) is 4.91. The van der Waals surface area contributed by atoms with Crippen molar-refractivity contribution in [3.63, 3.8) is 0 Å². The zero-order valence-electron chi connectivity index (χ0n) is 9.79. The first-order valence-electron chi connectivity index (χ1n) is 5.62. The maximum absolute atomic E-state index is 5.83. The lowest BCUT2D eigenvalue weighted by atomic mass is 10.2. The Hall–Kier alpha value is -0.970. The molecule has 0 saturated carbocycles. The second-order valence-electron chi connectivity index (χ2n) is 4.19. The summed E-state index contributed by atoms with van der Waals surface area (Å²) < 4.78 is 0. The zero-order chi connectivity index (χ0) is 11.5. The molecule has 1 aromatic rings. The Labute approximate surface area is 100 Å². The third-order valence-electron chi connectivity index (χ3n) is 2.80. The number of nitrogens with one attached hydrogen (secondary N) is 1. The molecule has 1 aliphatic heterocycles. The van der Waals surface area contributed by atoms with Gasteiger partial charge in [0.05, 0.1) is 0 Å². The van der Waals surface area contributed by atoms with Gasteiger partial charge in [-0.1, -0.05) is 0 Å². The van der Waals surface area contributed by atoms with E-state index >= 15 is 0 Å². The van der Waals surface area contributed by atoms with Crippen LogP contribution in [-0.4, -0.2) is 27.5 Å². The molecule has 1 unspecified atom stereocenters. The maximum atomic E-state index is 5.83. The lowest BCUT2D eigenvalue weighted by Gasteiger charge is -2.24. The monoisotopic (exact) mass is 238 g/mol. The SMILES string of the molecule is Cc1nc(N)c(C)c(NC2CCCSC2)n1. The summed E-state index contributed by atoms with van der Waals surface area (Å²) in [7, 11) is 0. The lowest BCUT2D eigenvalue weighted by Crippen LogP contribution is -2.27. The van der Waals surface area contributed by atoms with Crippen LogP contribution in [0.5, 0.6) is 0 Å². The molecule has 0 aromatic carbocycles. The molecule has 0 spiro atoms. The quantitative estimate of drug-likeness (QED) is 0.825. The lowest BCUT2D eigenvalue weighted by molar-refractivity contribution is 0.681. The van der Waals surface area contributed by atoms with E-state index in [4.69, 9.17) is 5.73 Å². The summed E-state index contributed by atoms with van der Waals surface area (Å²) in [4.78, 5) is 8.56. The Kier molecular flexibility index (Phi) is 3.53.